The van der Waals surface area contributed by atoms with Gasteiger partial charge in [-0.05, 0) is 64.1 Å². The van der Waals surface area contributed by atoms with E-state index in [0.29, 0.717) is 5.46 Å². The number of aromatic nitrogens is 2. The van der Waals surface area contributed by atoms with Crippen molar-refractivity contribution in [2.24, 2.45) is 0 Å². The highest BCUT2D eigenvalue weighted by Crippen LogP contribution is 2.25. The molecule has 0 saturated carbocycles. The van der Waals surface area contributed by atoms with Crippen LogP contribution in [0, 0.1) is 3.70 Å². The molecule has 0 radical (unpaired) electrons. The van der Waals surface area contributed by atoms with Gasteiger partial charge in [0.1, 0.15) is 0 Å². The maximum absolute atomic E-state index is 10.2. The van der Waals surface area contributed by atoms with Gasteiger partial charge in [0.2, 0.25) is 0 Å². The van der Waals surface area contributed by atoms with E-state index in [1.807, 2.05) is 18.5 Å². The fraction of sp³-hybridized carbons (Fsp3) is 0.750. The van der Waals surface area contributed by atoms with Crippen LogP contribution in [-0.4, -0.2) is 38.2 Å². The summed E-state index contributed by atoms with van der Waals surface area (Å²) < 4.78 is 8.27. The van der Waals surface area contributed by atoms with Crippen LogP contribution in [0.2, 0.25) is 0 Å². The van der Waals surface area contributed by atoms with Gasteiger partial charge in [-0.1, -0.05) is 0 Å². The molecule has 7 heteroatoms. The molecule has 0 bridgehead atoms. The summed E-state index contributed by atoms with van der Waals surface area (Å²) in [5, 5.41) is 24.5. The van der Waals surface area contributed by atoms with Crippen LogP contribution < -0.4 is 5.46 Å². The molecule has 1 rings (SSSR count). The molecule has 0 aromatic carbocycles. The van der Waals surface area contributed by atoms with Crippen molar-refractivity contribution in [1.82, 2.24) is 9.78 Å². The second kappa shape index (κ2) is 5.71. The van der Waals surface area contributed by atoms with Crippen LogP contribution in [0.3, 0.4) is 0 Å². The molecule has 1 aromatic heterocycles. The Morgan fingerprint density at radius 2 is 1.89 bits per heavy atom. The molecule has 0 unspecified atom stereocenters. The lowest BCUT2D eigenvalue weighted by Crippen LogP contribution is -2.53. The summed E-state index contributed by atoms with van der Waals surface area (Å²) in [5.74, 6) is 0. The summed E-state index contributed by atoms with van der Waals surface area (Å²) in [6, 6.07) is 0.218. The standard InChI is InChI=1S/C12H22BIN2O3/c1-8(2)16-10(14)9(7-15-16)13(18)19-12(5,6)11(3,4)17/h7-8,17-18H,1-6H3. The molecule has 0 atom stereocenters. The summed E-state index contributed by atoms with van der Waals surface area (Å²) in [5.41, 5.74) is -1.32. The van der Waals surface area contributed by atoms with Gasteiger partial charge >= 0.3 is 7.12 Å². The van der Waals surface area contributed by atoms with Gasteiger partial charge in [0, 0.05) is 17.7 Å². The predicted molar refractivity (Wildman–Crippen MR) is 84.4 cm³/mol. The van der Waals surface area contributed by atoms with Crippen LogP contribution in [0.1, 0.15) is 47.6 Å². The van der Waals surface area contributed by atoms with E-state index in [2.05, 4.69) is 27.7 Å². The second-order valence-electron chi connectivity index (χ2n) is 5.97. The Kier molecular flexibility index (Phi) is 5.09. The molecule has 2 N–H and O–H groups in total. The van der Waals surface area contributed by atoms with Crippen LogP contribution in [0.4, 0.5) is 0 Å². The largest absolute Gasteiger partial charge is 0.495 e. The molecule has 19 heavy (non-hydrogen) atoms. The molecule has 1 aromatic rings. The lowest BCUT2D eigenvalue weighted by Gasteiger charge is -2.38. The minimum Gasteiger partial charge on any atom is -0.423 e. The number of halogens is 1. The highest BCUT2D eigenvalue weighted by molar-refractivity contribution is 14.1. The van der Waals surface area contributed by atoms with Crippen LogP contribution in [0.15, 0.2) is 6.20 Å². The summed E-state index contributed by atoms with van der Waals surface area (Å²) in [7, 11) is -1.11. The first kappa shape index (κ1) is 16.9. The lowest BCUT2D eigenvalue weighted by atomic mass is 9.78. The topological polar surface area (TPSA) is 67.5 Å². The Balaban J connectivity index is 2.94. The van der Waals surface area contributed by atoms with Crippen molar-refractivity contribution in [2.75, 3.05) is 0 Å². The van der Waals surface area contributed by atoms with Crippen molar-refractivity contribution in [1.29, 1.82) is 0 Å². The average molecular weight is 380 g/mol. The van der Waals surface area contributed by atoms with Gasteiger partial charge in [-0.3, -0.25) is 4.68 Å². The molecular weight excluding hydrogens is 358 g/mol. The van der Waals surface area contributed by atoms with Crippen LogP contribution in [0.5, 0.6) is 0 Å². The van der Waals surface area contributed by atoms with E-state index in [4.69, 9.17) is 4.65 Å². The van der Waals surface area contributed by atoms with Crippen molar-refractivity contribution >= 4 is 35.2 Å². The number of hydrogen-bond donors (Lipinski definition) is 2. The molecule has 5 nitrogen and oxygen atoms in total. The van der Waals surface area contributed by atoms with Gasteiger partial charge in [-0.25, -0.2) is 0 Å². The number of rotatable bonds is 5. The van der Waals surface area contributed by atoms with Crippen molar-refractivity contribution in [2.45, 2.75) is 58.8 Å². The minimum absolute atomic E-state index is 0.218. The van der Waals surface area contributed by atoms with Gasteiger partial charge in [-0.2, -0.15) is 5.10 Å². The van der Waals surface area contributed by atoms with Gasteiger partial charge in [0.05, 0.1) is 14.9 Å². The van der Waals surface area contributed by atoms with Crippen molar-refractivity contribution in [3.8, 4) is 0 Å². The van der Waals surface area contributed by atoms with Crippen molar-refractivity contribution in [3.05, 3.63) is 9.90 Å². The van der Waals surface area contributed by atoms with Gasteiger partial charge in [0.15, 0.2) is 0 Å². The van der Waals surface area contributed by atoms with Crippen molar-refractivity contribution < 1.29 is 14.8 Å². The maximum atomic E-state index is 10.2. The third-order valence-electron chi connectivity index (χ3n) is 3.40. The summed E-state index contributed by atoms with van der Waals surface area (Å²) in [6.45, 7) is 10.8. The van der Waals surface area contributed by atoms with Crippen LogP contribution in [0.25, 0.3) is 0 Å². The maximum Gasteiger partial charge on any atom is 0.495 e. The molecule has 1 heterocycles. The molecule has 0 aliphatic heterocycles. The Labute approximate surface area is 128 Å². The average Bonchev–Trinajstić information content (AvgIpc) is 2.57. The first-order valence-electron chi connectivity index (χ1n) is 6.28. The van der Waals surface area contributed by atoms with Gasteiger partial charge < -0.3 is 14.8 Å². The summed E-state index contributed by atoms with van der Waals surface area (Å²) >= 11 is 2.14. The molecule has 0 aliphatic carbocycles. The molecule has 0 amide bonds. The fourth-order valence-corrected chi connectivity index (χ4v) is 2.46. The summed E-state index contributed by atoms with van der Waals surface area (Å²) in [6.07, 6.45) is 1.60. The van der Waals surface area contributed by atoms with E-state index in [1.54, 1.807) is 33.9 Å². The van der Waals surface area contributed by atoms with E-state index >= 15 is 0 Å². The normalized spacial score (nSPS) is 13.2. The third-order valence-corrected chi connectivity index (χ3v) is 4.51. The molecule has 0 spiro atoms. The first-order valence-corrected chi connectivity index (χ1v) is 7.36. The number of nitrogens with zero attached hydrogens (tertiary/aromatic N) is 2. The molecule has 0 fully saturated rings. The molecule has 108 valence electrons. The Morgan fingerprint density at radius 1 is 1.37 bits per heavy atom. The monoisotopic (exact) mass is 380 g/mol. The lowest BCUT2D eigenvalue weighted by molar-refractivity contribution is -0.0982. The zero-order valence-electron chi connectivity index (χ0n) is 12.3. The van der Waals surface area contributed by atoms with Gasteiger partial charge in [0.25, 0.3) is 0 Å². The molecule has 0 aliphatic rings. The SMILES string of the molecule is CC(C)n1ncc(B(O)OC(C)(C)C(C)(C)O)c1I. The number of aliphatic hydroxyl groups is 1. The molecular formula is C12H22BIN2O3. The smallest absolute Gasteiger partial charge is 0.423 e. The highest BCUT2D eigenvalue weighted by atomic mass is 127. The van der Waals surface area contributed by atoms with Crippen molar-refractivity contribution in [3.63, 3.8) is 0 Å². The molecule has 0 saturated heterocycles. The van der Waals surface area contributed by atoms with E-state index in [0.717, 1.165) is 3.70 Å². The first-order chi connectivity index (χ1) is 8.47. The van der Waals surface area contributed by atoms with Gasteiger partial charge in [-0.15, -0.1) is 0 Å². The Hall–Kier alpha value is -0.115. The van der Waals surface area contributed by atoms with Crippen LogP contribution in [-0.2, 0) is 4.65 Å². The highest BCUT2D eigenvalue weighted by Gasteiger charge is 2.40. The quantitative estimate of drug-likeness (QED) is 0.598. The van der Waals surface area contributed by atoms with E-state index in [1.165, 1.54) is 0 Å². The zero-order valence-corrected chi connectivity index (χ0v) is 14.5. The minimum atomic E-state index is -1.11. The fourth-order valence-electron chi connectivity index (χ4n) is 1.37. The zero-order chi connectivity index (χ0) is 15.0. The Morgan fingerprint density at radius 3 is 2.26 bits per heavy atom. The van der Waals surface area contributed by atoms with E-state index in [9.17, 15) is 10.1 Å². The number of hydrogen-bond acceptors (Lipinski definition) is 4. The summed E-state index contributed by atoms with van der Waals surface area (Å²) in [4.78, 5) is 0. The predicted octanol–water partition coefficient (Wildman–Crippen LogP) is 1.32. The Bertz CT molecular complexity index is 441. The van der Waals surface area contributed by atoms with E-state index in [-0.39, 0.29) is 6.04 Å². The third kappa shape index (κ3) is 3.71. The van der Waals surface area contributed by atoms with E-state index < -0.39 is 18.3 Å². The van der Waals surface area contributed by atoms with Crippen LogP contribution >= 0.6 is 22.6 Å². The second-order valence-corrected chi connectivity index (χ2v) is 6.99.